The average Bonchev–Trinajstić information content (AvgIpc) is 2.81. The van der Waals surface area contributed by atoms with Crippen molar-refractivity contribution >= 4 is 8.53 Å². The molecule has 3 nitrogen and oxygen atoms in total. The van der Waals surface area contributed by atoms with Crippen LogP contribution < -0.4 is 0 Å². The van der Waals surface area contributed by atoms with Crippen LogP contribution in [0.3, 0.4) is 0 Å². The van der Waals surface area contributed by atoms with Gasteiger partial charge in [0.25, 0.3) is 8.53 Å². The normalized spacial score (nSPS) is 13.7. The first kappa shape index (κ1) is 32.6. The molecule has 0 heterocycles. The second kappa shape index (κ2) is 21.6. The Morgan fingerprint density at radius 3 is 1.54 bits per heavy atom. The van der Waals surface area contributed by atoms with Gasteiger partial charge in [-0.3, -0.25) is 0 Å². The fourth-order valence-electron chi connectivity index (χ4n) is 4.99. The lowest BCUT2D eigenvalue weighted by molar-refractivity contribution is 0.146. The van der Waals surface area contributed by atoms with Crippen LogP contribution in [-0.4, -0.2) is 27.8 Å². The first-order valence-electron chi connectivity index (χ1n) is 14.9. The lowest BCUT2D eigenvalue weighted by atomic mass is 10.0. The lowest BCUT2D eigenvalue weighted by Crippen LogP contribution is -2.34. The van der Waals surface area contributed by atoms with Gasteiger partial charge in [-0.25, -0.2) is 4.67 Å². The van der Waals surface area contributed by atoms with Crippen LogP contribution in [0.5, 0.6) is 0 Å². The van der Waals surface area contributed by atoms with Crippen LogP contribution in [0.15, 0.2) is 30.3 Å². The van der Waals surface area contributed by atoms with Gasteiger partial charge in [-0.1, -0.05) is 134 Å². The van der Waals surface area contributed by atoms with Gasteiger partial charge in [-0.2, -0.15) is 0 Å². The van der Waals surface area contributed by atoms with Crippen LogP contribution in [0.1, 0.15) is 143 Å². The summed E-state index contributed by atoms with van der Waals surface area (Å²) in [7, 11) is -1.57. The maximum atomic E-state index is 10.9. The monoisotopic (exact) mass is 507 g/mol. The topological polar surface area (TPSA) is 32.7 Å². The summed E-state index contributed by atoms with van der Waals surface area (Å²) in [5.41, 5.74) is 1.29. The Labute approximate surface area is 220 Å². The predicted molar refractivity (Wildman–Crippen MR) is 156 cm³/mol. The minimum Gasteiger partial charge on any atom is -0.338 e. The molecule has 1 N–H and O–H groups in total. The summed E-state index contributed by atoms with van der Waals surface area (Å²) in [5.74, 6) is 0. The Kier molecular flexibility index (Phi) is 20.1. The summed E-state index contributed by atoms with van der Waals surface area (Å²) in [4.78, 5) is 10.9. The van der Waals surface area contributed by atoms with Crippen molar-refractivity contribution in [2.24, 2.45) is 0 Å². The molecule has 1 rings (SSSR count). The Balaban J connectivity index is 2.22. The van der Waals surface area contributed by atoms with E-state index in [9.17, 15) is 4.89 Å². The molecule has 0 amide bonds. The van der Waals surface area contributed by atoms with E-state index in [1.807, 2.05) is 0 Å². The Morgan fingerprint density at radius 2 is 1.11 bits per heavy atom. The number of benzene rings is 1. The second-order valence-corrected chi connectivity index (χ2v) is 12.2. The summed E-state index contributed by atoms with van der Waals surface area (Å²) < 4.78 is 8.42. The fourth-order valence-corrected chi connectivity index (χ4v) is 6.34. The predicted octanol–water partition coefficient (Wildman–Crippen LogP) is 10.2. The molecule has 0 bridgehead atoms. The molecule has 0 fully saturated rings. The summed E-state index contributed by atoms with van der Waals surface area (Å²) in [6.07, 6.45) is 22.7. The Bertz CT molecular complexity index is 573. The molecule has 0 radical (unpaired) electrons. The van der Waals surface area contributed by atoms with Gasteiger partial charge >= 0.3 is 0 Å². The molecule has 2 unspecified atom stereocenters. The van der Waals surface area contributed by atoms with Crippen LogP contribution in [-0.2, 0) is 10.9 Å². The van der Waals surface area contributed by atoms with E-state index in [0.29, 0.717) is 0 Å². The van der Waals surface area contributed by atoms with Crippen LogP contribution in [0.25, 0.3) is 0 Å². The molecule has 0 aromatic heterocycles. The molecule has 4 heteroatoms. The van der Waals surface area contributed by atoms with E-state index >= 15 is 0 Å². The van der Waals surface area contributed by atoms with Crippen LogP contribution in [0, 0.1) is 0 Å². The summed E-state index contributed by atoms with van der Waals surface area (Å²) in [6.45, 7) is 10.8. The minimum absolute atomic E-state index is 0.0792. The van der Waals surface area contributed by atoms with Crippen molar-refractivity contribution in [1.82, 2.24) is 4.67 Å². The average molecular weight is 508 g/mol. The third-order valence-corrected chi connectivity index (χ3v) is 8.74. The van der Waals surface area contributed by atoms with E-state index in [4.69, 9.17) is 4.52 Å². The number of nitrogens with zero attached hydrogens (tertiary/aromatic N) is 1. The zero-order chi connectivity index (χ0) is 25.7. The van der Waals surface area contributed by atoms with E-state index in [2.05, 4.69) is 69.6 Å². The molecule has 0 saturated carbocycles. The Hall–Kier alpha value is -0.470. The van der Waals surface area contributed by atoms with Crippen molar-refractivity contribution < 1.29 is 9.42 Å². The van der Waals surface area contributed by atoms with Crippen molar-refractivity contribution in [1.29, 1.82) is 0 Å². The maximum absolute atomic E-state index is 10.9. The highest BCUT2D eigenvalue weighted by Crippen LogP contribution is 2.42. The van der Waals surface area contributed by atoms with Gasteiger partial charge in [0, 0.05) is 12.1 Å². The van der Waals surface area contributed by atoms with Crippen molar-refractivity contribution in [3.8, 4) is 0 Å². The number of rotatable bonds is 23. The number of unbranched alkanes of at least 4 members (excludes halogenated alkanes) is 14. The molecule has 0 aliphatic rings. The maximum Gasteiger partial charge on any atom is 0.256 e. The van der Waals surface area contributed by atoms with Gasteiger partial charge < -0.3 is 9.42 Å². The molecule has 0 saturated heterocycles. The summed E-state index contributed by atoms with van der Waals surface area (Å²) in [6, 6.07) is 11.1. The highest BCUT2D eigenvalue weighted by molar-refractivity contribution is 7.43. The highest BCUT2D eigenvalue weighted by Gasteiger charge is 2.27. The molecule has 0 spiro atoms. The smallest absolute Gasteiger partial charge is 0.256 e. The molecule has 35 heavy (non-hydrogen) atoms. The van der Waals surface area contributed by atoms with Crippen LogP contribution in [0.4, 0.5) is 0 Å². The SMILES string of the molecule is CCCCCCCCCCCCCCCCCC(Cc1ccccc1)OP(O)N(C(C)C)C(C)C. The summed E-state index contributed by atoms with van der Waals surface area (Å²) >= 11 is 0. The first-order chi connectivity index (χ1) is 17.0. The first-order valence-corrected chi connectivity index (χ1v) is 16.1. The largest absolute Gasteiger partial charge is 0.338 e. The van der Waals surface area contributed by atoms with E-state index in [-0.39, 0.29) is 18.2 Å². The van der Waals surface area contributed by atoms with E-state index in [1.165, 1.54) is 102 Å². The van der Waals surface area contributed by atoms with Crippen molar-refractivity contribution in [3.05, 3.63) is 35.9 Å². The van der Waals surface area contributed by atoms with Gasteiger partial charge in [0.15, 0.2) is 0 Å². The lowest BCUT2D eigenvalue weighted by Gasteiger charge is -2.35. The number of hydrogen-bond acceptors (Lipinski definition) is 3. The van der Waals surface area contributed by atoms with Crippen LogP contribution in [0.2, 0.25) is 0 Å². The van der Waals surface area contributed by atoms with Crippen molar-refractivity contribution in [2.45, 2.75) is 162 Å². The van der Waals surface area contributed by atoms with E-state index in [1.54, 1.807) is 0 Å². The molecular formula is C31H58NO2P. The highest BCUT2D eigenvalue weighted by atomic mass is 31.2. The molecule has 1 aromatic rings. The van der Waals surface area contributed by atoms with Gasteiger partial charge in [0.2, 0.25) is 0 Å². The third-order valence-electron chi connectivity index (χ3n) is 6.93. The van der Waals surface area contributed by atoms with Gasteiger partial charge in [0.1, 0.15) is 0 Å². The molecule has 204 valence electrons. The molecule has 0 aliphatic heterocycles. The zero-order valence-electron chi connectivity index (χ0n) is 23.9. The van der Waals surface area contributed by atoms with Crippen molar-refractivity contribution in [2.75, 3.05) is 0 Å². The molecule has 0 aliphatic carbocycles. The molecule has 2 atom stereocenters. The van der Waals surface area contributed by atoms with E-state index < -0.39 is 8.53 Å². The van der Waals surface area contributed by atoms with Gasteiger partial charge in [-0.05, 0) is 46.1 Å². The van der Waals surface area contributed by atoms with E-state index in [0.717, 1.165) is 12.8 Å². The third kappa shape index (κ3) is 16.8. The van der Waals surface area contributed by atoms with Gasteiger partial charge in [-0.15, -0.1) is 0 Å². The van der Waals surface area contributed by atoms with Gasteiger partial charge in [0.05, 0.1) is 6.10 Å². The summed E-state index contributed by atoms with van der Waals surface area (Å²) in [5, 5.41) is 0. The molecule has 1 aromatic carbocycles. The second-order valence-electron chi connectivity index (χ2n) is 11.0. The minimum atomic E-state index is -1.57. The van der Waals surface area contributed by atoms with Crippen LogP contribution >= 0.6 is 8.53 Å². The number of hydrogen-bond donors (Lipinski definition) is 1. The molecular weight excluding hydrogens is 449 g/mol. The Morgan fingerprint density at radius 1 is 0.686 bits per heavy atom. The zero-order valence-corrected chi connectivity index (χ0v) is 24.8. The van der Waals surface area contributed by atoms with Crippen molar-refractivity contribution in [3.63, 3.8) is 0 Å². The quantitative estimate of drug-likeness (QED) is 0.118. The fraction of sp³-hybridized carbons (Fsp3) is 0.806. The standard InChI is InChI=1S/C31H58NO2P/c1-6-7-8-9-10-11-12-13-14-15-16-17-18-19-23-26-31(27-30-24-21-20-22-25-30)34-35(33)32(28(2)3)29(4)5/h20-22,24-25,28-29,31,33H,6-19,23,26-27H2,1-5H3.